The van der Waals surface area contributed by atoms with Gasteiger partial charge < -0.3 is 15.1 Å². The predicted octanol–water partition coefficient (Wildman–Crippen LogP) is 2.79. The molecule has 2 heterocycles. The Balaban J connectivity index is 0.00000225. The second-order valence-electron chi connectivity index (χ2n) is 9.22. The molecule has 3 aliphatic rings. The number of piperazine rings is 1. The Kier molecular flexibility index (Phi) is 12.6. The van der Waals surface area contributed by atoms with Gasteiger partial charge in [0.1, 0.15) is 0 Å². The van der Waals surface area contributed by atoms with Crippen LogP contribution < -0.4 is 5.32 Å². The lowest BCUT2D eigenvalue weighted by molar-refractivity contribution is -0.136. The van der Waals surface area contributed by atoms with Crippen molar-refractivity contribution in [3.05, 3.63) is 0 Å². The third-order valence-electron chi connectivity index (χ3n) is 7.28. The second-order valence-corrected chi connectivity index (χ2v) is 9.22. The second kappa shape index (κ2) is 13.8. The number of nitrogens with zero attached hydrogens (tertiary/aromatic N) is 3. The molecule has 0 spiro atoms. The van der Waals surface area contributed by atoms with E-state index in [0.29, 0.717) is 36.8 Å². The number of halogens is 2. The number of rotatable bonds is 6. The highest BCUT2D eigenvalue weighted by atomic mass is 35.5. The van der Waals surface area contributed by atoms with Crippen LogP contribution in [-0.2, 0) is 9.59 Å². The molecule has 1 saturated carbocycles. The van der Waals surface area contributed by atoms with Crippen molar-refractivity contribution in [1.29, 1.82) is 0 Å². The zero-order valence-corrected chi connectivity index (χ0v) is 20.4. The number of piperidine rings is 1. The van der Waals surface area contributed by atoms with Gasteiger partial charge in [0.15, 0.2) is 0 Å². The third kappa shape index (κ3) is 7.85. The van der Waals surface area contributed by atoms with E-state index in [9.17, 15) is 9.59 Å². The van der Waals surface area contributed by atoms with E-state index >= 15 is 0 Å². The molecule has 3 rings (SSSR count). The molecule has 0 aromatic carbocycles. The summed E-state index contributed by atoms with van der Waals surface area (Å²) >= 11 is 0. The molecule has 176 valence electrons. The largest absolute Gasteiger partial charge is 0.342 e. The van der Waals surface area contributed by atoms with Crippen LogP contribution in [0, 0.1) is 11.8 Å². The Labute approximate surface area is 195 Å². The number of hydrogen-bond donors (Lipinski definition) is 1. The van der Waals surface area contributed by atoms with Gasteiger partial charge in [-0.15, -0.1) is 24.8 Å². The summed E-state index contributed by atoms with van der Waals surface area (Å²) in [6.45, 7) is 8.08. The van der Waals surface area contributed by atoms with Crippen molar-refractivity contribution >= 4 is 36.6 Å². The summed E-state index contributed by atoms with van der Waals surface area (Å²) in [4.78, 5) is 31.6. The van der Waals surface area contributed by atoms with Gasteiger partial charge in [-0.2, -0.15) is 0 Å². The van der Waals surface area contributed by atoms with Crippen molar-refractivity contribution < 1.29 is 9.59 Å². The maximum Gasteiger partial charge on any atom is 0.236 e. The lowest BCUT2D eigenvalue weighted by Gasteiger charge is -2.37. The molecule has 2 aliphatic heterocycles. The normalized spacial score (nSPS) is 22.5. The van der Waals surface area contributed by atoms with Crippen molar-refractivity contribution in [2.24, 2.45) is 11.8 Å². The summed E-state index contributed by atoms with van der Waals surface area (Å²) in [7, 11) is 1.97. The quantitative estimate of drug-likeness (QED) is 0.656. The molecule has 2 saturated heterocycles. The van der Waals surface area contributed by atoms with Crippen molar-refractivity contribution in [1.82, 2.24) is 20.0 Å². The topological polar surface area (TPSA) is 55.9 Å². The monoisotopic (exact) mass is 464 g/mol. The van der Waals surface area contributed by atoms with Crippen molar-refractivity contribution in [2.75, 3.05) is 52.9 Å². The highest BCUT2D eigenvalue weighted by Gasteiger charge is 2.28. The number of carbonyl (C=O) groups excluding carboxylic acids is 2. The summed E-state index contributed by atoms with van der Waals surface area (Å²) in [6, 6.07) is 0.431. The minimum Gasteiger partial charge on any atom is -0.342 e. The number of likely N-dealkylation sites (N-methyl/N-ethyl adjacent to an activating group) is 1. The van der Waals surface area contributed by atoms with Crippen LogP contribution in [0.2, 0.25) is 0 Å². The zero-order valence-electron chi connectivity index (χ0n) is 18.8. The van der Waals surface area contributed by atoms with Crippen LogP contribution in [0.15, 0.2) is 0 Å². The van der Waals surface area contributed by atoms with Gasteiger partial charge in [0, 0.05) is 45.7 Å². The maximum absolute atomic E-state index is 12.7. The van der Waals surface area contributed by atoms with Gasteiger partial charge >= 0.3 is 0 Å². The van der Waals surface area contributed by atoms with Crippen molar-refractivity contribution in [2.45, 2.75) is 64.3 Å². The first-order valence-corrected chi connectivity index (χ1v) is 11.5. The average Bonchev–Trinajstić information content (AvgIpc) is 2.74. The molecule has 3 fully saturated rings. The Morgan fingerprint density at radius 1 is 0.967 bits per heavy atom. The first-order chi connectivity index (χ1) is 13.5. The summed E-state index contributed by atoms with van der Waals surface area (Å²) in [5.41, 5.74) is 0. The lowest BCUT2D eigenvalue weighted by Crippen LogP contribution is -2.52. The van der Waals surface area contributed by atoms with Crippen LogP contribution >= 0.6 is 24.8 Å². The molecule has 0 aromatic rings. The highest BCUT2D eigenvalue weighted by molar-refractivity contribution is 5.85. The van der Waals surface area contributed by atoms with Crippen LogP contribution in [-0.4, -0.2) is 85.4 Å². The standard InChI is InChI=1S/C22H40N4O2.2ClH/c1-18(19-8-10-23-11-9-19)16-21(27)26-14-12-25(13-15-26)17-22(28)24(2)20-6-4-3-5-7-20;;/h18-20,23H,3-17H2,1-2H3;2*1H. The van der Waals surface area contributed by atoms with E-state index in [1.54, 1.807) is 0 Å². The van der Waals surface area contributed by atoms with Gasteiger partial charge in [0.2, 0.25) is 11.8 Å². The summed E-state index contributed by atoms with van der Waals surface area (Å²) < 4.78 is 0. The molecule has 1 aliphatic carbocycles. The van der Waals surface area contributed by atoms with E-state index < -0.39 is 0 Å². The van der Waals surface area contributed by atoms with Gasteiger partial charge in [0.05, 0.1) is 6.54 Å². The van der Waals surface area contributed by atoms with E-state index in [2.05, 4.69) is 17.1 Å². The molecule has 30 heavy (non-hydrogen) atoms. The summed E-state index contributed by atoms with van der Waals surface area (Å²) in [5, 5.41) is 3.40. The molecule has 1 N–H and O–H groups in total. The van der Waals surface area contributed by atoms with Gasteiger partial charge in [-0.3, -0.25) is 14.5 Å². The smallest absolute Gasteiger partial charge is 0.236 e. The fourth-order valence-corrected chi connectivity index (χ4v) is 5.11. The highest BCUT2D eigenvalue weighted by Crippen LogP contribution is 2.25. The van der Waals surface area contributed by atoms with Crippen LogP contribution in [0.5, 0.6) is 0 Å². The molecule has 0 aromatic heterocycles. The Morgan fingerprint density at radius 2 is 1.57 bits per heavy atom. The number of nitrogens with one attached hydrogen (secondary N) is 1. The van der Waals surface area contributed by atoms with E-state index in [4.69, 9.17) is 0 Å². The zero-order chi connectivity index (χ0) is 19.9. The molecule has 8 heteroatoms. The fraction of sp³-hybridized carbons (Fsp3) is 0.909. The van der Waals surface area contributed by atoms with Crippen LogP contribution in [0.25, 0.3) is 0 Å². The minimum atomic E-state index is 0. The van der Waals surface area contributed by atoms with Crippen LogP contribution in [0.4, 0.5) is 0 Å². The first kappa shape index (κ1) is 27.5. The molecule has 0 radical (unpaired) electrons. The molecule has 0 bridgehead atoms. The summed E-state index contributed by atoms with van der Waals surface area (Å²) in [6.07, 6.45) is 9.17. The predicted molar refractivity (Wildman–Crippen MR) is 127 cm³/mol. The molecular weight excluding hydrogens is 423 g/mol. The van der Waals surface area contributed by atoms with Crippen LogP contribution in [0.3, 0.4) is 0 Å². The lowest BCUT2D eigenvalue weighted by atomic mass is 9.84. The van der Waals surface area contributed by atoms with E-state index in [-0.39, 0.29) is 30.7 Å². The third-order valence-corrected chi connectivity index (χ3v) is 7.28. The van der Waals surface area contributed by atoms with E-state index in [1.165, 1.54) is 32.1 Å². The van der Waals surface area contributed by atoms with Gasteiger partial charge in [-0.05, 0) is 50.6 Å². The Hall–Kier alpha value is -0.560. The molecule has 6 nitrogen and oxygen atoms in total. The average molecular weight is 466 g/mol. The van der Waals surface area contributed by atoms with Crippen molar-refractivity contribution in [3.8, 4) is 0 Å². The number of amides is 2. The van der Waals surface area contributed by atoms with Gasteiger partial charge in [-0.25, -0.2) is 0 Å². The molecule has 2 amide bonds. The van der Waals surface area contributed by atoms with Crippen molar-refractivity contribution in [3.63, 3.8) is 0 Å². The first-order valence-electron chi connectivity index (χ1n) is 11.5. The van der Waals surface area contributed by atoms with E-state index in [0.717, 1.165) is 52.1 Å². The van der Waals surface area contributed by atoms with Gasteiger partial charge in [0.25, 0.3) is 0 Å². The number of carbonyl (C=O) groups is 2. The SMILES string of the molecule is CC(CC(=O)N1CCN(CC(=O)N(C)C2CCCCC2)CC1)C1CCNCC1.Cl.Cl. The maximum atomic E-state index is 12.7. The number of hydrogen-bond acceptors (Lipinski definition) is 4. The van der Waals surface area contributed by atoms with Crippen LogP contribution in [0.1, 0.15) is 58.3 Å². The summed E-state index contributed by atoms with van der Waals surface area (Å²) in [5.74, 6) is 1.69. The Bertz CT molecular complexity index is 517. The molecular formula is C22H42Cl2N4O2. The fourth-order valence-electron chi connectivity index (χ4n) is 5.11. The molecule has 1 unspecified atom stereocenters. The molecule has 1 atom stereocenters. The Morgan fingerprint density at radius 3 is 2.17 bits per heavy atom. The van der Waals surface area contributed by atoms with E-state index in [1.807, 2.05) is 16.8 Å². The van der Waals surface area contributed by atoms with Gasteiger partial charge in [-0.1, -0.05) is 26.2 Å². The minimum absolute atomic E-state index is 0.